The molecule has 1 aromatic heterocycles. The number of aromatic amines is 1. The molecule has 3 atom stereocenters. The summed E-state index contributed by atoms with van der Waals surface area (Å²) in [6.45, 7) is 6.11. The zero-order chi connectivity index (χ0) is 19.0. The molecule has 27 heavy (non-hydrogen) atoms. The Morgan fingerprint density at radius 3 is 2.89 bits per heavy atom. The van der Waals surface area contributed by atoms with E-state index in [1.54, 1.807) is 0 Å². The highest BCUT2D eigenvalue weighted by atomic mass is 16.5. The van der Waals surface area contributed by atoms with Crippen molar-refractivity contribution in [2.24, 2.45) is 16.3 Å². The molecule has 3 unspecified atom stereocenters. The molecule has 2 fully saturated rings. The molecule has 2 aliphatic rings. The molecule has 1 aliphatic carbocycles. The summed E-state index contributed by atoms with van der Waals surface area (Å²) in [5, 5.41) is 3.68. The van der Waals surface area contributed by atoms with Crippen LogP contribution in [0.2, 0.25) is 0 Å². The van der Waals surface area contributed by atoms with Crippen LogP contribution in [0.1, 0.15) is 26.1 Å². The summed E-state index contributed by atoms with van der Waals surface area (Å²) in [5.74, 6) is 2.41. The highest BCUT2D eigenvalue weighted by Crippen LogP contribution is 2.52. The van der Waals surface area contributed by atoms with Crippen LogP contribution in [0.3, 0.4) is 0 Å². The first-order valence-corrected chi connectivity index (χ1v) is 9.66. The molecule has 1 saturated heterocycles. The van der Waals surface area contributed by atoms with E-state index in [1.807, 2.05) is 38.5 Å². The van der Waals surface area contributed by atoms with Gasteiger partial charge in [0.1, 0.15) is 5.82 Å². The van der Waals surface area contributed by atoms with Gasteiger partial charge in [0.15, 0.2) is 5.96 Å². The summed E-state index contributed by atoms with van der Waals surface area (Å²) in [7, 11) is 3.89. The number of H-pyrrole nitrogens is 1. The highest BCUT2D eigenvalue weighted by Gasteiger charge is 2.59. The van der Waals surface area contributed by atoms with E-state index < -0.39 is 0 Å². The molecule has 2 heterocycles. The molecule has 0 amide bonds. The van der Waals surface area contributed by atoms with Crippen LogP contribution >= 0.6 is 0 Å². The Morgan fingerprint density at radius 2 is 2.15 bits per heavy atom. The molecule has 0 bridgehead atoms. The number of rotatable bonds is 4. The van der Waals surface area contributed by atoms with Crippen LogP contribution in [-0.2, 0) is 11.3 Å². The Balaban J connectivity index is 1.41. The van der Waals surface area contributed by atoms with Gasteiger partial charge in [0, 0.05) is 38.1 Å². The molecule has 2 N–H and O–H groups in total. The van der Waals surface area contributed by atoms with Crippen LogP contribution in [0.4, 0.5) is 0 Å². The van der Waals surface area contributed by atoms with Gasteiger partial charge in [-0.15, -0.1) is 0 Å². The maximum absolute atomic E-state index is 5.91. The Bertz CT molecular complexity index is 813. The maximum Gasteiger partial charge on any atom is 0.194 e. The summed E-state index contributed by atoms with van der Waals surface area (Å²) in [4.78, 5) is 14.6. The van der Waals surface area contributed by atoms with Gasteiger partial charge in [-0.2, -0.15) is 0 Å². The zero-order valence-electron chi connectivity index (χ0n) is 16.6. The average molecular weight is 367 g/mol. The molecule has 2 aromatic rings. The monoisotopic (exact) mass is 367 g/mol. The first-order valence-electron chi connectivity index (χ1n) is 9.66. The number of aromatic nitrogens is 2. The minimum Gasteiger partial charge on any atom is -0.377 e. The highest BCUT2D eigenvalue weighted by molar-refractivity contribution is 5.80. The Morgan fingerprint density at radius 1 is 1.37 bits per heavy atom. The predicted octanol–water partition coefficient (Wildman–Crippen LogP) is 2.90. The zero-order valence-corrected chi connectivity index (χ0v) is 16.6. The van der Waals surface area contributed by atoms with Crippen molar-refractivity contribution in [3.8, 4) is 11.3 Å². The number of fused-ring (bicyclic) bond motifs is 1. The van der Waals surface area contributed by atoms with Crippen molar-refractivity contribution in [2.75, 3.05) is 20.7 Å². The number of hydrogen-bond donors (Lipinski definition) is 2. The van der Waals surface area contributed by atoms with Crippen molar-refractivity contribution in [3.63, 3.8) is 0 Å². The maximum atomic E-state index is 5.91. The third-order valence-electron chi connectivity index (χ3n) is 6.06. The number of hydrogen-bond acceptors (Lipinski definition) is 3. The summed E-state index contributed by atoms with van der Waals surface area (Å²) >= 11 is 0. The van der Waals surface area contributed by atoms with E-state index in [0.29, 0.717) is 24.6 Å². The predicted molar refractivity (Wildman–Crippen MR) is 107 cm³/mol. The molecule has 6 nitrogen and oxygen atoms in total. The van der Waals surface area contributed by atoms with Gasteiger partial charge >= 0.3 is 0 Å². The fraction of sp³-hybridized carbons (Fsp3) is 0.524. The average Bonchev–Trinajstić information content (AvgIpc) is 3.31. The van der Waals surface area contributed by atoms with Crippen molar-refractivity contribution in [1.29, 1.82) is 0 Å². The van der Waals surface area contributed by atoms with Crippen LogP contribution in [0, 0.1) is 11.3 Å². The number of aliphatic imine (C=N–C) groups is 1. The van der Waals surface area contributed by atoms with Crippen LogP contribution in [0.5, 0.6) is 0 Å². The molecule has 1 saturated carbocycles. The second-order valence-electron chi connectivity index (χ2n) is 8.20. The van der Waals surface area contributed by atoms with Crippen molar-refractivity contribution in [3.05, 3.63) is 42.4 Å². The quantitative estimate of drug-likeness (QED) is 0.644. The third kappa shape index (κ3) is 3.23. The van der Waals surface area contributed by atoms with Gasteiger partial charge in [0.25, 0.3) is 0 Å². The standard InChI is InChI=1S/C21H29N5O/c1-21(2)18(15-10-11-27-19(15)21)25-20(22-3)26(4)13-17-23-12-16(24-17)14-8-6-5-7-9-14/h5-9,12,15,18-19H,10-11,13H2,1-4H3,(H,22,25)(H,23,24). The lowest BCUT2D eigenvalue weighted by atomic mass is 9.57. The number of ether oxygens (including phenoxy) is 1. The lowest BCUT2D eigenvalue weighted by Gasteiger charge is -2.55. The number of imidazole rings is 1. The Labute approximate surface area is 161 Å². The van der Waals surface area contributed by atoms with Gasteiger partial charge in [-0.05, 0) is 12.0 Å². The van der Waals surface area contributed by atoms with Gasteiger partial charge < -0.3 is 19.9 Å². The Hall–Kier alpha value is -2.34. The molecule has 4 rings (SSSR count). The van der Waals surface area contributed by atoms with Gasteiger partial charge in [-0.3, -0.25) is 4.99 Å². The van der Waals surface area contributed by atoms with E-state index in [0.717, 1.165) is 36.1 Å². The van der Waals surface area contributed by atoms with E-state index in [2.05, 4.69) is 51.2 Å². The van der Waals surface area contributed by atoms with E-state index in [1.165, 1.54) is 0 Å². The first kappa shape index (κ1) is 18.0. The van der Waals surface area contributed by atoms with Crippen LogP contribution in [-0.4, -0.2) is 53.7 Å². The molecule has 0 spiro atoms. The van der Waals surface area contributed by atoms with Crippen molar-refractivity contribution < 1.29 is 4.74 Å². The van der Waals surface area contributed by atoms with Crippen molar-refractivity contribution in [1.82, 2.24) is 20.2 Å². The second kappa shape index (κ2) is 7.00. The molecule has 0 radical (unpaired) electrons. The van der Waals surface area contributed by atoms with Crippen LogP contribution in [0.25, 0.3) is 11.3 Å². The number of benzene rings is 1. The van der Waals surface area contributed by atoms with E-state index in [-0.39, 0.29) is 5.41 Å². The van der Waals surface area contributed by atoms with E-state index in [9.17, 15) is 0 Å². The van der Waals surface area contributed by atoms with Gasteiger partial charge in [-0.1, -0.05) is 44.2 Å². The fourth-order valence-electron chi connectivity index (χ4n) is 4.61. The van der Waals surface area contributed by atoms with E-state index in [4.69, 9.17) is 4.74 Å². The van der Waals surface area contributed by atoms with E-state index >= 15 is 0 Å². The van der Waals surface area contributed by atoms with Gasteiger partial charge in [0.2, 0.25) is 0 Å². The summed E-state index contributed by atoms with van der Waals surface area (Å²) in [6, 6.07) is 10.7. The smallest absolute Gasteiger partial charge is 0.194 e. The fourth-order valence-corrected chi connectivity index (χ4v) is 4.61. The lowest BCUT2D eigenvalue weighted by Crippen LogP contribution is -2.67. The lowest BCUT2D eigenvalue weighted by molar-refractivity contribution is -0.107. The number of guanidine groups is 1. The number of nitrogens with one attached hydrogen (secondary N) is 2. The minimum atomic E-state index is 0.128. The molecule has 1 aliphatic heterocycles. The largest absolute Gasteiger partial charge is 0.377 e. The SMILES string of the molecule is CN=C(NC1C2CCOC2C1(C)C)N(C)Cc1ncc(-c2ccccc2)[nH]1. The third-order valence-corrected chi connectivity index (χ3v) is 6.06. The van der Waals surface area contributed by atoms with Gasteiger partial charge in [0.05, 0.1) is 24.5 Å². The normalized spacial score (nSPS) is 26.4. The first-order chi connectivity index (χ1) is 13.0. The van der Waals surface area contributed by atoms with Crippen molar-refractivity contribution >= 4 is 5.96 Å². The minimum absolute atomic E-state index is 0.128. The van der Waals surface area contributed by atoms with Crippen LogP contribution in [0.15, 0.2) is 41.5 Å². The Kier molecular flexibility index (Phi) is 4.68. The number of nitrogens with zero attached hydrogens (tertiary/aromatic N) is 3. The van der Waals surface area contributed by atoms with Gasteiger partial charge in [-0.25, -0.2) is 4.98 Å². The molecular formula is C21H29N5O. The molecule has 1 aromatic carbocycles. The molecule has 144 valence electrons. The second-order valence-corrected chi connectivity index (χ2v) is 8.20. The molecular weight excluding hydrogens is 338 g/mol. The molecule has 6 heteroatoms. The van der Waals surface area contributed by atoms with Crippen LogP contribution < -0.4 is 5.32 Å². The summed E-state index contributed by atoms with van der Waals surface area (Å²) in [6.07, 6.45) is 3.40. The summed E-state index contributed by atoms with van der Waals surface area (Å²) in [5.41, 5.74) is 2.31. The topological polar surface area (TPSA) is 65.5 Å². The van der Waals surface area contributed by atoms with Crippen molar-refractivity contribution in [2.45, 2.75) is 39.0 Å². The summed E-state index contributed by atoms with van der Waals surface area (Å²) < 4.78 is 5.91.